The third kappa shape index (κ3) is 3.82. The summed E-state index contributed by atoms with van der Waals surface area (Å²) in [6.07, 6.45) is 0. The van der Waals surface area contributed by atoms with E-state index in [1.54, 1.807) is 14.0 Å². The summed E-state index contributed by atoms with van der Waals surface area (Å²) in [6.45, 7) is 1.65. The number of nitrogens with one attached hydrogen (secondary N) is 1. The van der Waals surface area contributed by atoms with Crippen molar-refractivity contribution in [2.75, 3.05) is 20.6 Å². The van der Waals surface area contributed by atoms with Crippen LogP contribution in [0.3, 0.4) is 0 Å². The first-order chi connectivity index (χ1) is 8.86. The molecule has 0 bridgehead atoms. The fraction of sp³-hybridized carbons (Fsp3) is 0.385. The number of nitrogens with zero attached hydrogens (tertiary/aromatic N) is 1. The van der Waals surface area contributed by atoms with Crippen molar-refractivity contribution in [3.05, 3.63) is 35.4 Å². The summed E-state index contributed by atoms with van der Waals surface area (Å²) >= 11 is 0. The van der Waals surface area contributed by atoms with E-state index >= 15 is 0 Å². The molecule has 0 aliphatic heterocycles. The number of amides is 1. The highest BCUT2D eigenvalue weighted by atomic mass is 19.2. The highest BCUT2D eigenvalue weighted by Gasteiger charge is 2.21. The van der Waals surface area contributed by atoms with Gasteiger partial charge in [0.25, 0.3) is 0 Å². The maximum absolute atomic E-state index is 13.1. The van der Waals surface area contributed by atoms with Crippen molar-refractivity contribution in [1.29, 1.82) is 0 Å². The third-order valence-corrected chi connectivity index (χ3v) is 2.92. The average Bonchev–Trinajstić information content (AvgIpc) is 2.39. The molecule has 4 nitrogen and oxygen atoms in total. The summed E-state index contributed by atoms with van der Waals surface area (Å²) in [5.74, 6) is -2.66. The van der Waals surface area contributed by atoms with E-state index in [-0.39, 0.29) is 23.8 Å². The van der Waals surface area contributed by atoms with Gasteiger partial charge in [-0.1, -0.05) is 0 Å². The number of hydrogen-bond donors (Lipinski definition) is 1. The quantitative estimate of drug-likeness (QED) is 0.818. The lowest BCUT2D eigenvalue weighted by atomic mass is 10.0. The number of ketones is 1. The molecule has 1 aromatic carbocycles. The minimum Gasteiger partial charge on any atom is -0.358 e. The van der Waals surface area contributed by atoms with Crippen LogP contribution in [0.25, 0.3) is 0 Å². The number of hydrogen-bond acceptors (Lipinski definition) is 3. The van der Waals surface area contributed by atoms with Gasteiger partial charge in [-0.05, 0) is 32.2 Å². The van der Waals surface area contributed by atoms with E-state index in [0.29, 0.717) is 0 Å². The number of benzene rings is 1. The Kier molecular flexibility index (Phi) is 5.11. The molecule has 0 saturated carbocycles. The van der Waals surface area contributed by atoms with Gasteiger partial charge in [0.15, 0.2) is 17.4 Å². The first kappa shape index (κ1) is 15.2. The number of carbonyl (C=O) groups is 2. The molecule has 1 N–H and O–H groups in total. The number of carbonyl (C=O) groups excluding carboxylic acids is 2. The van der Waals surface area contributed by atoms with Crippen LogP contribution < -0.4 is 5.32 Å². The highest BCUT2D eigenvalue weighted by molar-refractivity contribution is 6.00. The van der Waals surface area contributed by atoms with E-state index in [0.717, 1.165) is 12.1 Å². The van der Waals surface area contributed by atoms with Crippen molar-refractivity contribution in [3.63, 3.8) is 0 Å². The summed E-state index contributed by atoms with van der Waals surface area (Å²) in [5, 5.41) is 2.44. The zero-order chi connectivity index (χ0) is 14.6. The molecular formula is C13H16F2N2O2. The van der Waals surface area contributed by atoms with Crippen LogP contribution >= 0.6 is 0 Å². The Morgan fingerprint density at radius 2 is 1.95 bits per heavy atom. The monoisotopic (exact) mass is 270 g/mol. The second kappa shape index (κ2) is 6.38. The van der Waals surface area contributed by atoms with Crippen molar-refractivity contribution in [1.82, 2.24) is 10.2 Å². The number of rotatable bonds is 5. The number of likely N-dealkylation sites (N-methyl/N-ethyl adjacent to an activating group) is 2. The standard InChI is InChI=1S/C13H16F2N2O2/c1-8(17(3)7-12(18)16-2)13(19)9-4-5-10(14)11(15)6-9/h4-6,8H,7H2,1-3H3,(H,16,18). The summed E-state index contributed by atoms with van der Waals surface area (Å²) in [5.41, 5.74) is 0.0788. The van der Waals surface area contributed by atoms with Gasteiger partial charge in [-0.15, -0.1) is 0 Å². The molecule has 1 atom stereocenters. The lowest BCUT2D eigenvalue weighted by Gasteiger charge is -2.22. The van der Waals surface area contributed by atoms with Crippen LogP contribution in [0.2, 0.25) is 0 Å². The average molecular weight is 270 g/mol. The van der Waals surface area contributed by atoms with E-state index in [2.05, 4.69) is 5.32 Å². The predicted octanol–water partition coefficient (Wildman–Crippen LogP) is 1.21. The van der Waals surface area contributed by atoms with Gasteiger partial charge in [-0.3, -0.25) is 14.5 Å². The molecule has 1 aromatic rings. The Hall–Kier alpha value is -1.82. The molecule has 6 heteroatoms. The van der Waals surface area contributed by atoms with Gasteiger partial charge in [0.2, 0.25) is 5.91 Å². The second-order valence-electron chi connectivity index (χ2n) is 4.26. The molecule has 0 aromatic heterocycles. The van der Waals surface area contributed by atoms with Crippen molar-refractivity contribution >= 4 is 11.7 Å². The molecule has 0 fully saturated rings. The van der Waals surface area contributed by atoms with Gasteiger partial charge in [0, 0.05) is 12.6 Å². The van der Waals surface area contributed by atoms with E-state index in [1.807, 2.05) is 0 Å². The van der Waals surface area contributed by atoms with Gasteiger partial charge in [-0.25, -0.2) is 8.78 Å². The van der Waals surface area contributed by atoms with Gasteiger partial charge in [0.05, 0.1) is 12.6 Å². The topological polar surface area (TPSA) is 49.4 Å². The fourth-order valence-corrected chi connectivity index (χ4v) is 1.53. The Bertz CT molecular complexity index is 492. The largest absolute Gasteiger partial charge is 0.358 e. The van der Waals surface area contributed by atoms with Gasteiger partial charge >= 0.3 is 0 Å². The highest BCUT2D eigenvalue weighted by Crippen LogP contribution is 2.12. The molecule has 19 heavy (non-hydrogen) atoms. The molecule has 1 unspecified atom stereocenters. The Balaban J connectivity index is 2.81. The maximum atomic E-state index is 13.1. The molecule has 0 spiro atoms. The van der Waals surface area contributed by atoms with Gasteiger partial charge in [0.1, 0.15) is 0 Å². The van der Waals surface area contributed by atoms with Gasteiger partial charge in [-0.2, -0.15) is 0 Å². The van der Waals surface area contributed by atoms with E-state index < -0.39 is 17.7 Å². The maximum Gasteiger partial charge on any atom is 0.233 e. The van der Waals surface area contributed by atoms with Crippen LogP contribution in [0.5, 0.6) is 0 Å². The Morgan fingerprint density at radius 3 is 2.47 bits per heavy atom. The second-order valence-corrected chi connectivity index (χ2v) is 4.26. The molecule has 1 amide bonds. The zero-order valence-corrected chi connectivity index (χ0v) is 11.0. The molecule has 0 heterocycles. The summed E-state index contributed by atoms with van der Waals surface area (Å²) in [7, 11) is 3.11. The number of halogens is 2. The van der Waals surface area contributed by atoms with Crippen LogP contribution in [0.15, 0.2) is 18.2 Å². The summed E-state index contributed by atoms with van der Waals surface area (Å²) in [6, 6.07) is 2.39. The first-order valence-electron chi connectivity index (χ1n) is 5.77. The molecule has 0 aliphatic carbocycles. The van der Waals surface area contributed by atoms with Crippen molar-refractivity contribution in [2.45, 2.75) is 13.0 Å². The number of Topliss-reactive ketones (excluding diaryl/α,β-unsaturated/α-hetero) is 1. The van der Waals surface area contributed by atoms with E-state index in [9.17, 15) is 18.4 Å². The van der Waals surface area contributed by atoms with E-state index in [4.69, 9.17) is 0 Å². The first-order valence-corrected chi connectivity index (χ1v) is 5.77. The SMILES string of the molecule is CNC(=O)CN(C)C(C)C(=O)c1ccc(F)c(F)c1. The molecule has 0 radical (unpaired) electrons. The zero-order valence-electron chi connectivity index (χ0n) is 11.0. The van der Waals surface area contributed by atoms with Crippen LogP contribution in [0.1, 0.15) is 17.3 Å². The lowest BCUT2D eigenvalue weighted by Crippen LogP contribution is -2.42. The van der Waals surface area contributed by atoms with Crippen molar-refractivity contribution in [2.24, 2.45) is 0 Å². The Labute approximate surface area is 110 Å². The molecule has 104 valence electrons. The van der Waals surface area contributed by atoms with Crippen molar-refractivity contribution < 1.29 is 18.4 Å². The van der Waals surface area contributed by atoms with Gasteiger partial charge < -0.3 is 5.32 Å². The van der Waals surface area contributed by atoms with Crippen LogP contribution in [0.4, 0.5) is 8.78 Å². The Morgan fingerprint density at radius 1 is 1.32 bits per heavy atom. The van der Waals surface area contributed by atoms with Crippen LogP contribution in [-0.2, 0) is 4.79 Å². The molecule has 0 saturated heterocycles. The van der Waals surface area contributed by atoms with E-state index in [1.165, 1.54) is 18.0 Å². The molecular weight excluding hydrogens is 254 g/mol. The molecule has 1 rings (SSSR count). The minimum absolute atomic E-state index is 0.0487. The lowest BCUT2D eigenvalue weighted by molar-refractivity contribution is -0.121. The summed E-state index contributed by atoms with van der Waals surface area (Å²) in [4.78, 5) is 24.8. The smallest absolute Gasteiger partial charge is 0.233 e. The van der Waals surface area contributed by atoms with Crippen LogP contribution in [-0.4, -0.2) is 43.3 Å². The third-order valence-electron chi connectivity index (χ3n) is 2.92. The fourth-order valence-electron chi connectivity index (χ4n) is 1.53. The van der Waals surface area contributed by atoms with Crippen molar-refractivity contribution in [3.8, 4) is 0 Å². The minimum atomic E-state index is -1.06. The normalized spacial score (nSPS) is 12.3. The summed E-state index contributed by atoms with van der Waals surface area (Å²) < 4.78 is 25.9. The molecule has 0 aliphatic rings. The van der Waals surface area contributed by atoms with Crippen LogP contribution in [0, 0.1) is 11.6 Å². The predicted molar refractivity (Wildman–Crippen MR) is 66.8 cm³/mol.